The van der Waals surface area contributed by atoms with Gasteiger partial charge in [-0.25, -0.2) is 0 Å². The number of hydrogen-bond donors (Lipinski definition) is 2. The van der Waals surface area contributed by atoms with Crippen molar-refractivity contribution in [2.75, 3.05) is 0 Å². The van der Waals surface area contributed by atoms with Crippen molar-refractivity contribution in [3.05, 3.63) is 24.3 Å². The molecule has 1 rings (SSSR count). The van der Waals surface area contributed by atoms with E-state index in [0.717, 1.165) is 0 Å². The predicted molar refractivity (Wildman–Crippen MR) is 37.7 cm³/mol. The van der Waals surface area contributed by atoms with Gasteiger partial charge in [-0.3, -0.25) is 0 Å². The van der Waals surface area contributed by atoms with Crippen molar-refractivity contribution in [2.45, 2.75) is 0 Å². The maximum absolute atomic E-state index is 8.67. The van der Waals surface area contributed by atoms with Gasteiger partial charge in [0.25, 0.3) is 0 Å². The minimum Gasteiger partial charge on any atom is -1.00 e. The number of phenolic OH excluding ortho intramolecular Hbond substituents is 2. The van der Waals surface area contributed by atoms with E-state index < -0.39 is 0 Å². The minimum absolute atomic E-state index is 0. The summed E-state index contributed by atoms with van der Waals surface area (Å²) in [4.78, 5) is 0. The number of para-hydroxylation sites is 2. The fraction of sp³-hybridized carbons (Fsp3) is 0. The second-order valence-corrected chi connectivity index (χ2v) is 1.49. The molecule has 0 saturated heterocycles. The summed E-state index contributed by atoms with van der Waals surface area (Å²) in [5, 5.41) is 17.3. The molecule has 0 fully saturated rings. The topological polar surface area (TPSA) is 40.5 Å². The molecule has 0 aliphatic carbocycles. The van der Waals surface area contributed by atoms with Gasteiger partial charge in [-0.05, 0) is 12.1 Å². The van der Waals surface area contributed by atoms with Crippen LogP contribution < -0.4 is 0 Å². The molecule has 0 radical (unpaired) electrons. The van der Waals surface area contributed by atoms with Gasteiger partial charge in [0.15, 0.2) is 11.5 Å². The molecule has 0 bridgehead atoms. The standard InChI is InChI=1S/C6H6O2.Mg.2H/c7-5-3-1-2-4-6(5)8;;;/h1-4,7-8H;;;/q;+2;2*-1. The Labute approximate surface area is 72.3 Å². The Balaban J connectivity index is -0.000000213. The normalized spacial score (nSPS) is 8.00. The van der Waals surface area contributed by atoms with Gasteiger partial charge >= 0.3 is 23.1 Å². The van der Waals surface area contributed by atoms with Crippen LogP contribution in [0.4, 0.5) is 0 Å². The van der Waals surface area contributed by atoms with Crippen LogP contribution in [0.1, 0.15) is 2.85 Å². The first kappa shape index (κ1) is 8.59. The van der Waals surface area contributed by atoms with Crippen LogP contribution in [0.15, 0.2) is 24.3 Å². The zero-order valence-corrected chi connectivity index (χ0v) is 6.33. The molecule has 46 valence electrons. The van der Waals surface area contributed by atoms with Crippen molar-refractivity contribution >= 4 is 23.1 Å². The van der Waals surface area contributed by atoms with Crippen molar-refractivity contribution < 1.29 is 13.1 Å². The van der Waals surface area contributed by atoms with E-state index in [-0.39, 0.29) is 37.4 Å². The van der Waals surface area contributed by atoms with Gasteiger partial charge in [-0.2, -0.15) is 0 Å². The molecule has 0 aromatic heterocycles. The Hall–Kier alpha value is -0.414. The van der Waals surface area contributed by atoms with E-state index in [1.165, 1.54) is 12.1 Å². The third-order valence-electron chi connectivity index (χ3n) is 0.882. The summed E-state index contributed by atoms with van der Waals surface area (Å²) in [7, 11) is 0. The first-order chi connectivity index (χ1) is 3.80. The number of rotatable bonds is 0. The Bertz CT molecular complexity index is 175. The van der Waals surface area contributed by atoms with Crippen molar-refractivity contribution in [3.63, 3.8) is 0 Å². The summed E-state index contributed by atoms with van der Waals surface area (Å²) in [6.45, 7) is 0. The predicted octanol–water partition coefficient (Wildman–Crippen LogP) is 0.942. The van der Waals surface area contributed by atoms with Crippen molar-refractivity contribution in [1.29, 1.82) is 0 Å². The number of aromatic hydroxyl groups is 2. The molecule has 2 N–H and O–H groups in total. The molecule has 3 heteroatoms. The van der Waals surface area contributed by atoms with E-state index in [1.54, 1.807) is 12.1 Å². The Morgan fingerprint density at radius 1 is 1.00 bits per heavy atom. The van der Waals surface area contributed by atoms with Gasteiger partial charge in [0.2, 0.25) is 0 Å². The second kappa shape index (κ2) is 3.58. The number of phenols is 2. The van der Waals surface area contributed by atoms with Crippen molar-refractivity contribution in [1.82, 2.24) is 0 Å². The molecule has 1 aromatic carbocycles. The van der Waals surface area contributed by atoms with E-state index in [0.29, 0.717) is 0 Å². The average molecular weight is 136 g/mol. The van der Waals surface area contributed by atoms with Crippen molar-refractivity contribution in [3.8, 4) is 11.5 Å². The maximum Gasteiger partial charge on any atom is 2.00 e. The first-order valence-electron chi connectivity index (χ1n) is 2.27. The maximum atomic E-state index is 8.67. The largest absolute Gasteiger partial charge is 2.00 e. The summed E-state index contributed by atoms with van der Waals surface area (Å²) < 4.78 is 0. The third-order valence-corrected chi connectivity index (χ3v) is 0.882. The molecule has 0 heterocycles. The van der Waals surface area contributed by atoms with Crippen LogP contribution in [0.25, 0.3) is 0 Å². The molecule has 0 unspecified atom stereocenters. The summed E-state index contributed by atoms with van der Waals surface area (Å²) in [5.41, 5.74) is 0. The van der Waals surface area contributed by atoms with Crippen LogP contribution in [0.2, 0.25) is 0 Å². The smallest absolute Gasteiger partial charge is 1.00 e. The van der Waals surface area contributed by atoms with Crippen LogP contribution in [-0.4, -0.2) is 33.3 Å². The molecule has 0 atom stereocenters. The number of hydrogen-bond acceptors (Lipinski definition) is 2. The van der Waals surface area contributed by atoms with Crippen LogP contribution in [-0.2, 0) is 0 Å². The molecule has 0 aliphatic rings. The van der Waals surface area contributed by atoms with Gasteiger partial charge in [-0.1, -0.05) is 12.1 Å². The molecule has 0 spiro atoms. The molecule has 9 heavy (non-hydrogen) atoms. The van der Waals surface area contributed by atoms with E-state index in [2.05, 4.69) is 0 Å². The second-order valence-electron chi connectivity index (χ2n) is 1.49. The zero-order valence-electron chi connectivity index (χ0n) is 6.91. The fourth-order valence-electron chi connectivity index (χ4n) is 0.464. The van der Waals surface area contributed by atoms with Crippen LogP contribution >= 0.6 is 0 Å². The zero-order chi connectivity index (χ0) is 5.98. The molecule has 1 aromatic rings. The average Bonchev–Trinajstić information content (AvgIpc) is 1.77. The minimum atomic E-state index is -0.0764. The van der Waals surface area contributed by atoms with Gasteiger partial charge < -0.3 is 13.1 Å². The quantitative estimate of drug-likeness (QED) is 0.412. The summed E-state index contributed by atoms with van der Waals surface area (Å²) >= 11 is 0. The van der Waals surface area contributed by atoms with Crippen molar-refractivity contribution in [2.24, 2.45) is 0 Å². The molecule has 0 saturated carbocycles. The fourth-order valence-corrected chi connectivity index (χ4v) is 0.464. The third kappa shape index (κ3) is 2.11. The van der Waals surface area contributed by atoms with E-state index >= 15 is 0 Å². The van der Waals surface area contributed by atoms with E-state index in [4.69, 9.17) is 10.2 Å². The summed E-state index contributed by atoms with van der Waals surface area (Å²) in [6.07, 6.45) is 0. The van der Waals surface area contributed by atoms with Crippen LogP contribution in [0.3, 0.4) is 0 Å². The van der Waals surface area contributed by atoms with Crippen LogP contribution in [0.5, 0.6) is 11.5 Å². The molecular formula is C6H8MgO2. The Kier molecular flexibility index (Phi) is 3.42. The van der Waals surface area contributed by atoms with E-state index in [9.17, 15) is 0 Å². The van der Waals surface area contributed by atoms with Gasteiger partial charge in [-0.15, -0.1) is 0 Å². The molecular weight excluding hydrogens is 128 g/mol. The molecule has 0 aliphatic heterocycles. The Morgan fingerprint density at radius 2 is 1.33 bits per heavy atom. The first-order valence-corrected chi connectivity index (χ1v) is 2.27. The van der Waals surface area contributed by atoms with Gasteiger partial charge in [0.05, 0.1) is 0 Å². The van der Waals surface area contributed by atoms with Gasteiger partial charge in [0.1, 0.15) is 0 Å². The summed E-state index contributed by atoms with van der Waals surface area (Å²) in [6, 6.07) is 6.15. The number of benzene rings is 1. The SMILES string of the molecule is Oc1ccccc1O.[H-].[H-].[Mg+2]. The molecule has 2 nitrogen and oxygen atoms in total. The monoisotopic (exact) mass is 136 g/mol. The van der Waals surface area contributed by atoms with Crippen LogP contribution in [0, 0.1) is 0 Å². The van der Waals surface area contributed by atoms with E-state index in [1.807, 2.05) is 0 Å². The summed E-state index contributed by atoms with van der Waals surface area (Å²) in [5.74, 6) is -0.153. The molecule has 0 amide bonds. The Morgan fingerprint density at radius 3 is 1.56 bits per heavy atom. The van der Waals surface area contributed by atoms with Gasteiger partial charge in [0, 0.05) is 0 Å².